The summed E-state index contributed by atoms with van der Waals surface area (Å²) >= 11 is 3.53. The summed E-state index contributed by atoms with van der Waals surface area (Å²) in [4.78, 5) is 2.57. The van der Waals surface area contributed by atoms with Crippen molar-refractivity contribution in [3.8, 4) is 11.8 Å². The number of rotatable bonds is 4. The SMILES string of the molecule is N#Cc1ccc(OC[C@@H]2c3ccccc3CC2N2CCC[C@H](N)C2)c(Br)c1. The van der Waals surface area contributed by atoms with Crippen LogP contribution in [0.3, 0.4) is 0 Å². The molecule has 1 unspecified atom stereocenters. The van der Waals surface area contributed by atoms with E-state index in [2.05, 4.69) is 51.2 Å². The number of piperidine rings is 1. The van der Waals surface area contributed by atoms with Crippen molar-refractivity contribution in [2.45, 2.75) is 37.3 Å². The lowest BCUT2D eigenvalue weighted by Gasteiger charge is -2.38. The molecule has 0 spiro atoms. The predicted octanol–water partition coefficient (Wildman–Crippen LogP) is 3.83. The Labute approximate surface area is 169 Å². The molecule has 2 aromatic rings. The molecule has 5 heteroatoms. The van der Waals surface area contributed by atoms with Gasteiger partial charge in [0.05, 0.1) is 22.7 Å². The van der Waals surface area contributed by atoms with Gasteiger partial charge >= 0.3 is 0 Å². The van der Waals surface area contributed by atoms with Crippen molar-refractivity contribution >= 4 is 15.9 Å². The lowest BCUT2D eigenvalue weighted by Crippen LogP contribution is -2.49. The molecule has 1 aliphatic carbocycles. The molecular weight excluding hydrogens is 402 g/mol. The number of hydrogen-bond acceptors (Lipinski definition) is 4. The van der Waals surface area contributed by atoms with E-state index in [1.54, 1.807) is 12.1 Å². The Morgan fingerprint density at radius 1 is 1.26 bits per heavy atom. The second-order valence-electron chi connectivity index (χ2n) is 7.54. The number of likely N-dealkylation sites (tertiary alicyclic amines) is 1. The maximum atomic E-state index is 9.04. The second-order valence-corrected chi connectivity index (χ2v) is 8.40. The summed E-state index contributed by atoms with van der Waals surface area (Å²) in [7, 11) is 0. The van der Waals surface area contributed by atoms with E-state index in [4.69, 9.17) is 15.7 Å². The predicted molar refractivity (Wildman–Crippen MR) is 110 cm³/mol. The fraction of sp³-hybridized carbons (Fsp3) is 0.409. The maximum absolute atomic E-state index is 9.04. The molecule has 1 fully saturated rings. The Morgan fingerprint density at radius 2 is 2.11 bits per heavy atom. The van der Waals surface area contributed by atoms with Crippen molar-refractivity contribution in [1.82, 2.24) is 4.90 Å². The zero-order chi connectivity index (χ0) is 18.8. The number of halogens is 1. The van der Waals surface area contributed by atoms with Gasteiger partial charge in [0, 0.05) is 24.5 Å². The van der Waals surface area contributed by atoms with Crippen LogP contribution in [0, 0.1) is 11.3 Å². The van der Waals surface area contributed by atoms with Crippen LogP contribution in [0.1, 0.15) is 35.4 Å². The summed E-state index contributed by atoms with van der Waals surface area (Å²) in [5.74, 6) is 1.11. The molecule has 0 radical (unpaired) electrons. The van der Waals surface area contributed by atoms with Crippen molar-refractivity contribution in [3.63, 3.8) is 0 Å². The minimum absolute atomic E-state index is 0.275. The van der Waals surface area contributed by atoms with Crippen LogP contribution in [0.5, 0.6) is 5.75 Å². The van der Waals surface area contributed by atoms with Gasteiger partial charge in [-0.25, -0.2) is 0 Å². The van der Waals surface area contributed by atoms with Gasteiger partial charge in [0.15, 0.2) is 0 Å². The highest BCUT2D eigenvalue weighted by atomic mass is 79.9. The smallest absolute Gasteiger partial charge is 0.133 e. The van der Waals surface area contributed by atoms with Gasteiger partial charge in [0.25, 0.3) is 0 Å². The molecular formula is C22H24BrN3O. The number of benzene rings is 2. The van der Waals surface area contributed by atoms with Gasteiger partial charge in [0.2, 0.25) is 0 Å². The van der Waals surface area contributed by atoms with Crippen molar-refractivity contribution < 1.29 is 4.74 Å². The Bertz CT molecular complexity index is 863. The number of hydrogen-bond donors (Lipinski definition) is 1. The van der Waals surface area contributed by atoms with Crippen LogP contribution in [-0.2, 0) is 6.42 Å². The average Bonchev–Trinajstić information content (AvgIpc) is 3.05. The highest BCUT2D eigenvalue weighted by Gasteiger charge is 2.38. The van der Waals surface area contributed by atoms with Gasteiger partial charge in [0.1, 0.15) is 5.75 Å². The van der Waals surface area contributed by atoms with Crippen LogP contribution in [-0.4, -0.2) is 36.7 Å². The van der Waals surface area contributed by atoms with E-state index in [0.29, 0.717) is 24.1 Å². The summed E-state index contributed by atoms with van der Waals surface area (Å²) in [6, 6.07) is 17.1. The van der Waals surface area contributed by atoms with E-state index < -0.39 is 0 Å². The Kier molecular flexibility index (Phi) is 5.49. The minimum Gasteiger partial charge on any atom is -0.492 e. The van der Waals surface area contributed by atoms with Gasteiger partial charge in [-0.05, 0) is 71.1 Å². The van der Waals surface area contributed by atoms with E-state index >= 15 is 0 Å². The molecule has 0 aromatic heterocycles. The molecule has 4 nitrogen and oxygen atoms in total. The van der Waals surface area contributed by atoms with Crippen LogP contribution in [0.25, 0.3) is 0 Å². The molecule has 27 heavy (non-hydrogen) atoms. The van der Waals surface area contributed by atoms with Crippen LogP contribution in [0.15, 0.2) is 46.9 Å². The van der Waals surface area contributed by atoms with E-state index in [0.717, 1.165) is 36.2 Å². The van der Waals surface area contributed by atoms with E-state index in [-0.39, 0.29) is 6.04 Å². The van der Waals surface area contributed by atoms with Crippen LogP contribution < -0.4 is 10.5 Å². The topological polar surface area (TPSA) is 62.3 Å². The molecule has 0 bridgehead atoms. The fourth-order valence-corrected chi connectivity index (χ4v) is 4.94. The number of nitriles is 1. The Balaban J connectivity index is 1.55. The third-order valence-electron chi connectivity index (χ3n) is 5.79. The molecule has 3 atom stereocenters. The zero-order valence-electron chi connectivity index (χ0n) is 15.3. The van der Waals surface area contributed by atoms with E-state index in [1.807, 2.05) is 6.07 Å². The van der Waals surface area contributed by atoms with Crippen LogP contribution in [0.4, 0.5) is 0 Å². The summed E-state index contributed by atoms with van der Waals surface area (Å²) in [5.41, 5.74) is 9.70. The summed E-state index contributed by atoms with van der Waals surface area (Å²) in [6.45, 7) is 2.71. The van der Waals surface area contributed by atoms with E-state index in [9.17, 15) is 0 Å². The second kappa shape index (κ2) is 8.02. The number of nitrogens with zero attached hydrogens (tertiary/aromatic N) is 2. The summed E-state index contributed by atoms with van der Waals surface area (Å²) < 4.78 is 7.03. The van der Waals surface area contributed by atoms with Gasteiger partial charge < -0.3 is 10.5 Å². The summed E-state index contributed by atoms with van der Waals surface area (Å²) in [5, 5.41) is 9.04. The molecule has 0 amide bonds. The fourth-order valence-electron chi connectivity index (χ4n) is 4.45. The first-order valence-corrected chi connectivity index (χ1v) is 10.3. The number of fused-ring (bicyclic) bond motifs is 1. The quantitative estimate of drug-likeness (QED) is 0.807. The first-order chi connectivity index (χ1) is 13.2. The van der Waals surface area contributed by atoms with Crippen molar-refractivity contribution in [2.75, 3.05) is 19.7 Å². The van der Waals surface area contributed by atoms with Gasteiger partial charge in [-0.3, -0.25) is 4.90 Å². The molecule has 2 N–H and O–H groups in total. The van der Waals surface area contributed by atoms with E-state index in [1.165, 1.54) is 17.5 Å². The third kappa shape index (κ3) is 3.89. The molecule has 2 aromatic carbocycles. The molecule has 1 aliphatic heterocycles. The monoisotopic (exact) mass is 425 g/mol. The highest BCUT2D eigenvalue weighted by molar-refractivity contribution is 9.10. The van der Waals surface area contributed by atoms with Crippen LogP contribution >= 0.6 is 15.9 Å². The number of ether oxygens (including phenoxy) is 1. The normalized spacial score (nSPS) is 25.0. The standard InChI is InChI=1S/C22H24BrN3O/c23-20-10-15(12-24)7-8-22(20)27-14-19-18-6-2-1-4-16(18)11-21(19)26-9-3-5-17(25)13-26/h1-2,4,6-8,10,17,19,21H,3,5,9,11,13-14,25H2/t17-,19+,21?/m0/s1. The molecule has 2 aliphatic rings. The Hall–Kier alpha value is -1.87. The highest BCUT2D eigenvalue weighted by Crippen LogP contribution is 2.38. The van der Waals surface area contributed by atoms with Crippen LogP contribution in [0.2, 0.25) is 0 Å². The van der Waals surface area contributed by atoms with Crippen molar-refractivity contribution in [2.24, 2.45) is 5.73 Å². The van der Waals surface area contributed by atoms with Gasteiger partial charge in [-0.1, -0.05) is 24.3 Å². The Morgan fingerprint density at radius 3 is 2.89 bits per heavy atom. The summed E-state index contributed by atoms with van der Waals surface area (Å²) in [6.07, 6.45) is 3.35. The van der Waals surface area contributed by atoms with Crippen molar-refractivity contribution in [3.05, 3.63) is 63.6 Å². The molecule has 140 valence electrons. The molecule has 1 saturated heterocycles. The van der Waals surface area contributed by atoms with Crippen molar-refractivity contribution in [1.29, 1.82) is 5.26 Å². The third-order valence-corrected chi connectivity index (χ3v) is 6.41. The lowest BCUT2D eigenvalue weighted by atomic mass is 9.95. The molecule has 1 heterocycles. The first kappa shape index (κ1) is 18.5. The average molecular weight is 426 g/mol. The molecule has 0 saturated carbocycles. The largest absolute Gasteiger partial charge is 0.492 e. The maximum Gasteiger partial charge on any atom is 0.133 e. The molecule has 4 rings (SSSR count). The lowest BCUT2D eigenvalue weighted by molar-refractivity contribution is 0.118. The first-order valence-electron chi connectivity index (χ1n) is 9.55. The number of nitrogens with two attached hydrogens (primary N) is 1. The van der Waals surface area contributed by atoms with Gasteiger partial charge in [-0.2, -0.15) is 5.26 Å². The zero-order valence-corrected chi connectivity index (χ0v) is 16.9. The minimum atomic E-state index is 0.275. The van der Waals surface area contributed by atoms with Gasteiger partial charge in [-0.15, -0.1) is 0 Å².